The molecule has 0 unspecified atom stereocenters. The molecule has 0 spiro atoms. The minimum Gasteiger partial charge on any atom is -0.0683 e. The Morgan fingerprint density at radius 3 is 1.17 bits per heavy atom. The molecule has 0 radical (unpaired) electrons. The molecule has 174 valence electrons. The number of benzene rings is 6. The van der Waals surface area contributed by atoms with Crippen molar-refractivity contribution >= 4 is 43.1 Å². The van der Waals surface area contributed by atoms with Crippen LogP contribution in [0.25, 0.3) is 54.2 Å². The Kier molecular flexibility index (Phi) is 5.85. The topological polar surface area (TPSA) is 0 Å². The van der Waals surface area contributed by atoms with Crippen LogP contribution in [0.2, 0.25) is 0 Å². The average Bonchev–Trinajstić information content (AvgIpc) is 3.17. The second-order valence-corrected chi connectivity index (χ2v) is 9.36. The molecule has 6 aromatic rings. The molecule has 6 aromatic carbocycles. The van der Waals surface area contributed by atoms with Gasteiger partial charge in [0, 0.05) is 5.41 Å². The zero-order chi connectivity index (χ0) is 24.7. The fourth-order valence-corrected chi connectivity index (χ4v) is 5.90. The van der Waals surface area contributed by atoms with E-state index in [0.29, 0.717) is 0 Å². The van der Waals surface area contributed by atoms with Gasteiger partial charge >= 0.3 is 0 Å². The van der Waals surface area contributed by atoms with E-state index in [2.05, 4.69) is 111 Å². The van der Waals surface area contributed by atoms with E-state index in [0.717, 1.165) is 0 Å². The van der Waals surface area contributed by atoms with Gasteiger partial charge in [0.05, 0.1) is 0 Å². The Morgan fingerprint density at radius 1 is 0.371 bits per heavy atom. The van der Waals surface area contributed by atoms with Crippen molar-refractivity contribution in [2.75, 3.05) is 0 Å². The highest BCUT2D eigenvalue weighted by molar-refractivity contribution is 6.20. The van der Waals surface area contributed by atoms with Crippen LogP contribution in [-0.2, 0) is 5.41 Å². The second kappa shape index (κ2) is 8.86. The molecule has 0 aromatic heterocycles. The molecule has 0 N–H and O–H groups in total. The normalized spacial score (nSPS) is 13.1. The third kappa shape index (κ3) is 3.27. The maximum atomic E-state index is 2.37. The van der Waals surface area contributed by atoms with E-state index < -0.39 is 0 Å². The summed E-state index contributed by atoms with van der Waals surface area (Å²) < 4.78 is 0. The fourth-order valence-electron chi connectivity index (χ4n) is 5.90. The number of rotatable bonds is 0. The molecule has 0 aliphatic heterocycles. The molecular formula is C35H34. The Bertz CT molecular complexity index is 1570. The first-order chi connectivity index (χ1) is 17.1. The van der Waals surface area contributed by atoms with E-state index in [1.807, 2.05) is 27.7 Å². The van der Waals surface area contributed by atoms with Crippen LogP contribution >= 0.6 is 0 Å². The molecule has 0 saturated carbocycles. The highest BCUT2D eigenvalue weighted by Crippen LogP contribution is 2.54. The molecular weight excluding hydrogens is 420 g/mol. The van der Waals surface area contributed by atoms with Gasteiger partial charge in [-0.2, -0.15) is 0 Å². The van der Waals surface area contributed by atoms with Crippen LogP contribution in [-0.4, -0.2) is 0 Å². The van der Waals surface area contributed by atoms with Crippen LogP contribution in [0.1, 0.15) is 52.7 Å². The zero-order valence-corrected chi connectivity index (χ0v) is 21.7. The molecule has 1 aliphatic rings. The Morgan fingerprint density at radius 2 is 0.743 bits per heavy atom. The molecule has 7 rings (SSSR count). The molecule has 0 fully saturated rings. The first kappa shape index (κ1) is 23.1. The molecule has 1 aliphatic carbocycles. The Balaban J connectivity index is 0.000000605. The number of hydrogen-bond acceptors (Lipinski definition) is 0. The van der Waals surface area contributed by atoms with Gasteiger partial charge in [-0.1, -0.05) is 139 Å². The maximum absolute atomic E-state index is 2.37. The van der Waals surface area contributed by atoms with Gasteiger partial charge in [0.1, 0.15) is 0 Å². The lowest BCUT2D eigenvalue weighted by molar-refractivity contribution is 0.661. The summed E-state index contributed by atoms with van der Waals surface area (Å²) in [7, 11) is 0. The van der Waals surface area contributed by atoms with Gasteiger partial charge in [0.2, 0.25) is 0 Å². The summed E-state index contributed by atoms with van der Waals surface area (Å²) in [6, 6.07) is 36.1. The standard InChI is InChI=1S/C31H22.2C2H6/c1-31(2)27-17-15-23-21-9-5-3-7-19(21)11-13-25(23)29(27)30-26-14-12-20-8-4-6-10-22(20)24(26)16-18-28(30)31;2*1-2/h3-18H,1-2H3;2*1-2H3. The minimum atomic E-state index is -0.00959. The van der Waals surface area contributed by atoms with Crippen LogP contribution in [0.3, 0.4) is 0 Å². The van der Waals surface area contributed by atoms with Gasteiger partial charge in [-0.05, 0) is 65.3 Å². The van der Waals surface area contributed by atoms with Gasteiger partial charge in [-0.25, -0.2) is 0 Å². The largest absolute Gasteiger partial charge is 0.0683 e. The second-order valence-electron chi connectivity index (χ2n) is 9.36. The van der Waals surface area contributed by atoms with Crippen LogP contribution in [0.15, 0.2) is 97.1 Å². The summed E-state index contributed by atoms with van der Waals surface area (Å²) in [4.78, 5) is 0. The molecule has 0 saturated heterocycles. The van der Waals surface area contributed by atoms with Gasteiger partial charge in [-0.15, -0.1) is 0 Å². The van der Waals surface area contributed by atoms with E-state index in [-0.39, 0.29) is 5.41 Å². The summed E-state index contributed by atoms with van der Waals surface area (Å²) in [5.74, 6) is 0. The van der Waals surface area contributed by atoms with Gasteiger partial charge in [0.25, 0.3) is 0 Å². The summed E-state index contributed by atoms with van der Waals surface area (Å²) in [5, 5.41) is 10.7. The van der Waals surface area contributed by atoms with E-state index in [1.165, 1.54) is 65.3 Å². The molecule has 0 nitrogen and oxygen atoms in total. The smallest absolute Gasteiger partial charge is 0.0159 e. The summed E-state index contributed by atoms with van der Waals surface area (Å²) in [5.41, 5.74) is 5.70. The van der Waals surface area contributed by atoms with Crippen molar-refractivity contribution in [3.63, 3.8) is 0 Å². The quantitative estimate of drug-likeness (QED) is 0.200. The van der Waals surface area contributed by atoms with Crippen LogP contribution in [0.4, 0.5) is 0 Å². The van der Waals surface area contributed by atoms with Crippen molar-refractivity contribution in [2.45, 2.75) is 47.0 Å². The maximum Gasteiger partial charge on any atom is 0.0159 e. The van der Waals surface area contributed by atoms with Gasteiger partial charge in [0.15, 0.2) is 0 Å². The average molecular weight is 455 g/mol. The first-order valence-electron chi connectivity index (χ1n) is 13.0. The lowest BCUT2D eigenvalue weighted by Gasteiger charge is -2.22. The highest BCUT2D eigenvalue weighted by atomic mass is 14.4. The van der Waals surface area contributed by atoms with E-state index in [1.54, 1.807) is 0 Å². The third-order valence-electron chi connectivity index (χ3n) is 7.45. The SMILES string of the molecule is CC.CC.CC1(C)c2ccc3c(ccc4ccccc43)c2-c2c1ccc1c2ccc2ccccc21. The van der Waals surface area contributed by atoms with Gasteiger partial charge < -0.3 is 0 Å². The number of hydrogen-bond donors (Lipinski definition) is 0. The molecule has 0 heteroatoms. The van der Waals surface area contributed by atoms with E-state index >= 15 is 0 Å². The summed E-state index contributed by atoms with van der Waals surface area (Å²) in [6.07, 6.45) is 0. The van der Waals surface area contributed by atoms with Crippen molar-refractivity contribution in [3.8, 4) is 11.1 Å². The van der Waals surface area contributed by atoms with E-state index in [9.17, 15) is 0 Å². The minimum absolute atomic E-state index is 0.00959. The summed E-state index contributed by atoms with van der Waals surface area (Å²) in [6.45, 7) is 12.7. The van der Waals surface area contributed by atoms with Gasteiger partial charge in [-0.3, -0.25) is 0 Å². The van der Waals surface area contributed by atoms with Crippen molar-refractivity contribution in [1.82, 2.24) is 0 Å². The molecule has 0 heterocycles. The van der Waals surface area contributed by atoms with Crippen molar-refractivity contribution < 1.29 is 0 Å². The van der Waals surface area contributed by atoms with E-state index in [4.69, 9.17) is 0 Å². The molecule has 35 heavy (non-hydrogen) atoms. The Labute approximate surface area is 209 Å². The molecule has 0 bridgehead atoms. The van der Waals surface area contributed by atoms with Crippen LogP contribution in [0.5, 0.6) is 0 Å². The first-order valence-corrected chi connectivity index (χ1v) is 13.0. The lowest BCUT2D eigenvalue weighted by Crippen LogP contribution is -2.14. The predicted molar refractivity (Wildman–Crippen MR) is 157 cm³/mol. The summed E-state index contributed by atoms with van der Waals surface area (Å²) >= 11 is 0. The lowest BCUT2D eigenvalue weighted by atomic mass is 9.81. The van der Waals surface area contributed by atoms with Crippen molar-refractivity contribution in [1.29, 1.82) is 0 Å². The predicted octanol–water partition coefficient (Wildman–Crippen LogP) is 10.7. The fraction of sp³-hybridized carbons (Fsp3) is 0.200. The number of fused-ring (bicyclic) bond motifs is 11. The monoisotopic (exact) mass is 454 g/mol. The molecule has 0 atom stereocenters. The molecule has 0 amide bonds. The highest BCUT2D eigenvalue weighted by Gasteiger charge is 2.37. The Hall–Kier alpha value is -3.64. The van der Waals surface area contributed by atoms with Crippen LogP contribution < -0.4 is 0 Å². The van der Waals surface area contributed by atoms with Crippen molar-refractivity contribution in [2.24, 2.45) is 0 Å². The van der Waals surface area contributed by atoms with Crippen molar-refractivity contribution in [3.05, 3.63) is 108 Å². The van der Waals surface area contributed by atoms with Crippen LogP contribution in [0, 0.1) is 0 Å². The third-order valence-corrected chi connectivity index (χ3v) is 7.45. The zero-order valence-electron chi connectivity index (χ0n) is 21.7.